The molecule has 1 N–H and O–H groups in total. The van der Waals surface area contributed by atoms with E-state index in [2.05, 4.69) is 11.9 Å². The Bertz CT molecular complexity index is 114. The molecule has 0 unspecified atom stereocenters. The van der Waals surface area contributed by atoms with Gasteiger partial charge in [-0.3, -0.25) is 0 Å². The van der Waals surface area contributed by atoms with Gasteiger partial charge in [0.05, 0.1) is 6.10 Å². The molecule has 0 radical (unpaired) electrons. The monoisotopic (exact) mass is 127 g/mol. The fourth-order valence-electron chi connectivity index (χ4n) is 2.26. The van der Waals surface area contributed by atoms with Crippen LogP contribution in [0.15, 0.2) is 0 Å². The Morgan fingerprint density at radius 2 is 2.22 bits per heavy atom. The molecule has 52 valence electrons. The second-order valence-electron chi connectivity index (χ2n) is 3.41. The van der Waals surface area contributed by atoms with E-state index >= 15 is 0 Å². The lowest BCUT2D eigenvalue weighted by Gasteiger charge is -2.25. The molecule has 0 aromatic carbocycles. The Labute approximate surface area is 55.5 Å². The van der Waals surface area contributed by atoms with E-state index in [1.54, 1.807) is 0 Å². The fourth-order valence-corrected chi connectivity index (χ4v) is 2.26. The first kappa shape index (κ1) is 5.69. The molecular weight excluding hydrogens is 114 g/mol. The number of nitrogens with zero attached hydrogens (tertiary/aromatic N) is 1. The molecule has 2 nitrogen and oxygen atoms in total. The predicted molar refractivity (Wildman–Crippen MR) is 35.1 cm³/mol. The SMILES string of the molecule is CN1C[C@H]2C[C@H](O)[C@@H]1C2. The number of rotatable bonds is 0. The van der Waals surface area contributed by atoms with Crippen molar-refractivity contribution in [2.24, 2.45) is 5.92 Å². The molecule has 2 fully saturated rings. The van der Waals surface area contributed by atoms with Crippen molar-refractivity contribution in [3.05, 3.63) is 0 Å². The van der Waals surface area contributed by atoms with Crippen molar-refractivity contribution in [1.29, 1.82) is 0 Å². The zero-order chi connectivity index (χ0) is 6.43. The summed E-state index contributed by atoms with van der Waals surface area (Å²) in [5, 5.41) is 9.35. The van der Waals surface area contributed by atoms with E-state index in [-0.39, 0.29) is 6.10 Å². The second kappa shape index (κ2) is 1.70. The van der Waals surface area contributed by atoms with E-state index < -0.39 is 0 Å². The summed E-state index contributed by atoms with van der Waals surface area (Å²) in [6.45, 7) is 1.21. The van der Waals surface area contributed by atoms with E-state index in [0.717, 1.165) is 12.3 Å². The maximum absolute atomic E-state index is 9.35. The first-order valence-electron chi connectivity index (χ1n) is 3.65. The Morgan fingerprint density at radius 1 is 1.44 bits per heavy atom. The van der Waals surface area contributed by atoms with Crippen LogP contribution >= 0.6 is 0 Å². The van der Waals surface area contributed by atoms with Crippen molar-refractivity contribution in [3.63, 3.8) is 0 Å². The van der Waals surface area contributed by atoms with Crippen molar-refractivity contribution in [2.75, 3.05) is 13.6 Å². The molecule has 0 aromatic heterocycles. The Balaban J connectivity index is 2.13. The zero-order valence-corrected chi connectivity index (χ0v) is 5.75. The number of piperidine rings is 1. The van der Waals surface area contributed by atoms with E-state index in [1.165, 1.54) is 13.0 Å². The lowest BCUT2D eigenvalue weighted by Crippen LogP contribution is -2.37. The van der Waals surface area contributed by atoms with Gasteiger partial charge in [-0.15, -0.1) is 0 Å². The minimum atomic E-state index is -0.0197. The van der Waals surface area contributed by atoms with E-state index in [0.29, 0.717) is 6.04 Å². The molecule has 1 saturated heterocycles. The van der Waals surface area contributed by atoms with Gasteiger partial charge in [-0.2, -0.15) is 0 Å². The largest absolute Gasteiger partial charge is 0.391 e. The predicted octanol–water partition coefficient (Wildman–Crippen LogP) is 0.0713. The first-order valence-corrected chi connectivity index (χ1v) is 3.65. The second-order valence-corrected chi connectivity index (χ2v) is 3.41. The highest BCUT2D eigenvalue weighted by atomic mass is 16.3. The van der Waals surface area contributed by atoms with Crippen molar-refractivity contribution in [2.45, 2.75) is 25.0 Å². The van der Waals surface area contributed by atoms with Gasteiger partial charge in [-0.1, -0.05) is 0 Å². The Morgan fingerprint density at radius 3 is 2.56 bits per heavy atom. The third kappa shape index (κ3) is 0.700. The van der Waals surface area contributed by atoms with Crippen LogP contribution in [0.1, 0.15) is 12.8 Å². The van der Waals surface area contributed by atoms with Crippen molar-refractivity contribution in [3.8, 4) is 0 Å². The molecule has 1 saturated carbocycles. The summed E-state index contributed by atoms with van der Waals surface area (Å²) in [7, 11) is 2.10. The summed E-state index contributed by atoms with van der Waals surface area (Å²) in [5.74, 6) is 0.801. The van der Waals surface area contributed by atoms with Gasteiger partial charge in [-0.05, 0) is 25.8 Å². The number of fused-ring (bicyclic) bond motifs is 2. The average Bonchev–Trinajstić information content (AvgIpc) is 2.22. The van der Waals surface area contributed by atoms with Crippen LogP contribution in [0.4, 0.5) is 0 Å². The van der Waals surface area contributed by atoms with Crippen LogP contribution in [0.2, 0.25) is 0 Å². The van der Waals surface area contributed by atoms with Crippen LogP contribution in [0, 0.1) is 5.92 Å². The summed E-state index contributed by atoms with van der Waals surface area (Å²) in [6, 6.07) is 0.495. The molecule has 1 heterocycles. The van der Waals surface area contributed by atoms with Gasteiger partial charge in [-0.25, -0.2) is 0 Å². The van der Waals surface area contributed by atoms with E-state index in [1.807, 2.05) is 0 Å². The molecule has 1 aliphatic carbocycles. The van der Waals surface area contributed by atoms with Crippen LogP contribution in [0.25, 0.3) is 0 Å². The molecular formula is C7H13NO. The van der Waals surface area contributed by atoms with Crippen LogP contribution in [0.3, 0.4) is 0 Å². The summed E-state index contributed by atoms with van der Waals surface area (Å²) in [5.41, 5.74) is 0. The lowest BCUT2D eigenvalue weighted by molar-refractivity contribution is 0.0714. The number of likely N-dealkylation sites (tertiary alicyclic amines) is 1. The van der Waals surface area contributed by atoms with Crippen LogP contribution < -0.4 is 0 Å². The minimum absolute atomic E-state index is 0.0197. The molecule has 3 atom stereocenters. The van der Waals surface area contributed by atoms with Crippen LogP contribution in [-0.4, -0.2) is 35.7 Å². The molecule has 0 aromatic rings. The quantitative estimate of drug-likeness (QED) is 0.498. The molecule has 2 bridgehead atoms. The minimum Gasteiger partial charge on any atom is -0.391 e. The van der Waals surface area contributed by atoms with Crippen LogP contribution in [-0.2, 0) is 0 Å². The summed E-state index contributed by atoms with van der Waals surface area (Å²) in [6.07, 6.45) is 2.26. The standard InChI is InChI=1S/C7H13NO/c1-8-4-5-2-6(8)7(9)3-5/h5-7,9H,2-4H2,1H3/t5-,6+,7+/m1/s1. The number of hydrogen-bond donors (Lipinski definition) is 1. The van der Waals surface area contributed by atoms with Gasteiger partial charge in [0.15, 0.2) is 0 Å². The molecule has 2 heteroatoms. The number of aliphatic hydroxyl groups excluding tert-OH is 1. The maximum Gasteiger partial charge on any atom is 0.0698 e. The summed E-state index contributed by atoms with van der Waals surface area (Å²) in [4.78, 5) is 2.28. The van der Waals surface area contributed by atoms with Gasteiger partial charge < -0.3 is 10.0 Å². The number of aliphatic hydroxyl groups is 1. The van der Waals surface area contributed by atoms with Gasteiger partial charge in [0.1, 0.15) is 0 Å². The lowest BCUT2D eigenvalue weighted by atomic mass is 10.1. The third-order valence-corrected chi connectivity index (χ3v) is 2.71. The highest BCUT2D eigenvalue weighted by molar-refractivity contribution is 4.96. The normalized spacial score (nSPS) is 50.7. The fraction of sp³-hybridized carbons (Fsp3) is 1.00. The van der Waals surface area contributed by atoms with Crippen LogP contribution in [0.5, 0.6) is 0 Å². The molecule has 1 aliphatic heterocycles. The number of likely N-dealkylation sites (N-methyl/N-ethyl adjacent to an activating group) is 1. The topological polar surface area (TPSA) is 23.5 Å². The molecule has 9 heavy (non-hydrogen) atoms. The van der Waals surface area contributed by atoms with Gasteiger partial charge in [0.25, 0.3) is 0 Å². The molecule has 2 rings (SSSR count). The number of hydrogen-bond acceptors (Lipinski definition) is 2. The Hall–Kier alpha value is -0.0800. The molecule has 0 spiro atoms. The van der Waals surface area contributed by atoms with Crippen molar-refractivity contribution >= 4 is 0 Å². The van der Waals surface area contributed by atoms with Crippen molar-refractivity contribution < 1.29 is 5.11 Å². The maximum atomic E-state index is 9.35. The highest BCUT2D eigenvalue weighted by Gasteiger charge is 2.41. The average molecular weight is 127 g/mol. The molecule has 0 amide bonds. The van der Waals surface area contributed by atoms with E-state index in [9.17, 15) is 5.11 Å². The zero-order valence-electron chi connectivity index (χ0n) is 5.75. The summed E-state index contributed by atoms with van der Waals surface area (Å²) < 4.78 is 0. The summed E-state index contributed by atoms with van der Waals surface area (Å²) >= 11 is 0. The van der Waals surface area contributed by atoms with E-state index in [4.69, 9.17) is 0 Å². The van der Waals surface area contributed by atoms with Gasteiger partial charge in [0, 0.05) is 12.6 Å². The first-order chi connectivity index (χ1) is 4.27. The molecule has 2 aliphatic rings. The Kier molecular flexibility index (Phi) is 1.08. The van der Waals surface area contributed by atoms with Crippen molar-refractivity contribution in [1.82, 2.24) is 4.90 Å². The van der Waals surface area contributed by atoms with Gasteiger partial charge >= 0.3 is 0 Å². The van der Waals surface area contributed by atoms with Gasteiger partial charge in [0.2, 0.25) is 0 Å². The third-order valence-electron chi connectivity index (χ3n) is 2.71. The smallest absolute Gasteiger partial charge is 0.0698 e. The highest BCUT2D eigenvalue weighted by Crippen LogP contribution is 2.36.